The lowest BCUT2D eigenvalue weighted by Gasteiger charge is -2.05. The lowest BCUT2D eigenvalue weighted by molar-refractivity contribution is 0.0697. The van der Waals surface area contributed by atoms with E-state index in [0.29, 0.717) is 0 Å². The average molecular weight is 269 g/mol. The predicted molar refractivity (Wildman–Crippen MR) is 56.5 cm³/mol. The second kappa shape index (κ2) is 4.00. The highest BCUT2D eigenvalue weighted by Crippen LogP contribution is 2.32. The zero-order chi connectivity index (χ0) is 11.8. The van der Waals surface area contributed by atoms with Crippen molar-refractivity contribution in [3.63, 3.8) is 0 Å². The molecule has 0 amide bonds. The summed E-state index contributed by atoms with van der Waals surface area (Å²) in [6.07, 6.45) is 0.963. The van der Waals surface area contributed by atoms with E-state index in [0.717, 1.165) is 18.4 Å². The average Bonchev–Trinajstić information content (AvgIpc) is 2.06. The second-order valence-corrected chi connectivity index (χ2v) is 5.56. The third-order valence-corrected chi connectivity index (χ3v) is 3.81. The number of hydrogen-bond acceptors (Lipinski definition) is 3. The summed E-state index contributed by atoms with van der Waals surface area (Å²) in [7, 11) is -3.51. The highest BCUT2D eigenvalue weighted by atomic mass is 35.5. The molecule has 0 saturated carbocycles. The van der Waals surface area contributed by atoms with Gasteiger partial charge in [0.15, 0.2) is 9.84 Å². The van der Waals surface area contributed by atoms with E-state index in [1.165, 1.54) is 0 Å². The molecule has 0 aromatic heterocycles. The number of hydrogen-bond donors (Lipinski definition) is 1. The Morgan fingerprint density at radius 1 is 1.27 bits per heavy atom. The van der Waals surface area contributed by atoms with Gasteiger partial charge >= 0.3 is 5.97 Å². The number of halogens is 2. The number of benzene rings is 1. The maximum atomic E-state index is 11.2. The molecule has 4 nitrogen and oxygen atoms in total. The minimum Gasteiger partial charge on any atom is -0.478 e. The Labute approximate surface area is 96.3 Å². The first-order valence-corrected chi connectivity index (χ1v) is 6.31. The van der Waals surface area contributed by atoms with E-state index in [1.54, 1.807) is 0 Å². The summed E-state index contributed by atoms with van der Waals surface area (Å²) in [5, 5.41) is 8.16. The monoisotopic (exact) mass is 268 g/mol. The van der Waals surface area contributed by atoms with E-state index in [2.05, 4.69) is 0 Å². The number of carboxylic acid groups (broad SMARTS) is 1. The van der Waals surface area contributed by atoms with Gasteiger partial charge in [-0.15, -0.1) is 0 Å². The van der Waals surface area contributed by atoms with E-state index in [-0.39, 0.29) is 20.5 Å². The first-order valence-electron chi connectivity index (χ1n) is 3.66. The summed E-state index contributed by atoms with van der Waals surface area (Å²) in [5.41, 5.74) is -0.228. The molecule has 1 aromatic carbocycles. The Hall–Kier alpha value is -0.780. The van der Waals surface area contributed by atoms with Crippen LogP contribution in [0.3, 0.4) is 0 Å². The van der Waals surface area contributed by atoms with Crippen LogP contribution in [0.25, 0.3) is 0 Å². The van der Waals surface area contributed by atoms with Crippen molar-refractivity contribution in [3.8, 4) is 0 Å². The Kier molecular flexibility index (Phi) is 3.28. The topological polar surface area (TPSA) is 71.4 Å². The Balaban J connectivity index is 3.55. The molecular weight excluding hydrogens is 263 g/mol. The van der Waals surface area contributed by atoms with Crippen LogP contribution in [0.1, 0.15) is 10.4 Å². The highest BCUT2D eigenvalue weighted by Gasteiger charge is 2.19. The van der Waals surface area contributed by atoms with Crippen LogP contribution in [0.15, 0.2) is 17.0 Å². The largest absolute Gasteiger partial charge is 0.478 e. The molecule has 82 valence electrons. The van der Waals surface area contributed by atoms with E-state index in [4.69, 9.17) is 28.3 Å². The Morgan fingerprint density at radius 3 is 2.20 bits per heavy atom. The first kappa shape index (κ1) is 12.3. The smallest absolute Gasteiger partial charge is 0.337 e. The molecule has 0 bridgehead atoms. The van der Waals surface area contributed by atoms with Crippen LogP contribution in [0.5, 0.6) is 0 Å². The second-order valence-electron chi connectivity index (χ2n) is 2.82. The van der Waals surface area contributed by atoms with Crippen molar-refractivity contribution in [2.24, 2.45) is 0 Å². The zero-order valence-corrected chi connectivity index (χ0v) is 9.82. The highest BCUT2D eigenvalue weighted by molar-refractivity contribution is 7.90. The maximum absolute atomic E-state index is 11.2. The molecule has 0 atom stereocenters. The van der Waals surface area contributed by atoms with Crippen molar-refractivity contribution in [1.82, 2.24) is 0 Å². The van der Waals surface area contributed by atoms with Crippen molar-refractivity contribution in [1.29, 1.82) is 0 Å². The van der Waals surface area contributed by atoms with Gasteiger partial charge in [-0.1, -0.05) is 23.2 Å². The molecule has 0 heterocycles. The fourth-order valence-corrected chi connectivity index (χ4v) is 2.61. The molecule has 1 aromatic rings. The van der Waals surface area contributed by atoms with Crippen LogP contribution in [-0.2, 0) is 9.84 Å². The summed E-state index contributed by atoms with van der Waals surface area (Å²) in [6, 6.07) is 2.22. The molecule has 0 saturated heterocycles. The molecule has 0 aliphatic carbocycles. The molecule has 0 radical (unpaired) electrons. The molecule has 0 fully saturated rings. The fraction of sp³-hybridized carbons (Fsp3) is 0.125. The third kappa shape index (κ3) is 2.42. The first-order chi connectivity index (χ1) is 6.75. The Morgan fingerprint density at radius 2 is 1.80 bits per heavy atom. The van der Waals surface area contributed by atoms with Crippen molar-refractivity contribution >= 4 is 39.0 Å². The lowest BCUT2D eigenvalue weighted by Crippen LogP contribution is -2.03. The van der Waals surface area contributed by atoms with E-state index in [1.807, 2.05) is 0 Å². The molecule has 0 unspecified atom stereocenters. The third-order valence-electron chi connectivity index (χ3n) is 1.68. The Bertz CT molecular complexity index is 522. The fourth-order valence-electron chi connectivity index (χ4n) is 0.983. The molecule has 7 heteroatoms. The molecule has 1 N–H and O–H groups in total. The number of carbonyl (C=O) groups is 1. The number of carboxylic acids is 1. The standard InChI is InChI=1S/C8H6Cl2O4S/c1-15(13,14)5-3-2-4(8(11)12)6(9)7(5)10/h2-3H,1H3,(H,11,12). The van der Waals surface area contributed by atoms with Gasteiger partial charge in [-0.3, -0.25) is 0 Å². The number of rotatable bonds is 2. The number of aromatic carboxylic acids is 1. The molecule has 0 aliphatic rings. The van der Waals surface area contributed by atoms with Crippen molar-refractivity contribution < 1.29 is 18.3 Å². The minimum atomic E-state index is -3.51. The van der Waals surface area contributed by atoms with Gasteiger partial charge in [-0.25, -0.2) is 13.2 Å². The van der Waals surface area contributed by atoms with Crippen LogP contribution in [0.4, 0.5) is 0 Å². The normalized spacial score (nSPS) is 11.4. The van der Waals surface area contributed by atoms with Gasteiger partial charge in [0, 0.05) is 6.26 Å². The van der Waals surface area contributed by atoms with Crippen LogP contribution in [0.2, 0.25) is 10.0 Å². The van der Waals surface area contributed by atoms with Gasteiger partial charge < -0.3 is 5.11 Å². The summed E-state index contributed by atoms with van der Waals surface area (Å²) in [5.74, 6) is -1.26. The van der Waals surface area contributed by atoms with Crippen molar-refractivity contribution in [3.05, 3.63) is 27.7 Å². The molecular formula is C8H6Cl2O4S. The van der Waals surface area contributed by atoms with Crippen LogP contribution >= 0.6 is 23.2 Å². The summed E-state index contributed by atoms with van der Waals surface area (Å²) in [6.45, 7) is 0. The van der Waals surface area contributed by atoms with Crippen molar-refractivity contribution in [2.45, 2.75) is 4.90 Å². The summed E-state index contributed by atoms with van der Waals surface area (Å²) < 4.78 is 22.4. The zero-order valence-electron chi connectivity index (χ0n) is 7.49. The summed E-state index contributed by atoms with van der Waals surface area (Å²) in [4.78, 5) is 10.5. The van der Waals surface area contributed by atoms with Gasteiger partial charge in [0.1, 0.15) is 0 Å². The molecule has 0 spiro atoms. The number of sulfone groups is 1. The van der Waals surface area contributed by atoms with Gasteiger partial charge in [-0.05, 0) is 12.1 Å². The van der Waals surface area contributed by atoms with E-state index >= 15 is 0 Å². The predicted octanol–water partition coefficient (Wildman–Crippen LogP) is 2.10. The van der Waals surface area contributed by atoms with Crippen LogP contribution < -0.4 is 0 Å². The van der Waals surface area contributed by atoms with Crippen LogP contribution in [0, 0.1) is 0 Å². The molecule has 15 heavy (non-hydrogen) atoms. The summed E-state index contributed by atoms with van der Waals surface area (Å²) >= 11 is 11.3. The van der Waals surface area contributed by atoms with Gasteiger partial charge in [0.05, 0.1) is 20.5 Å². The SMILES string of the molecule is CS(=O)(=O)c1ccc(C(=O)O)c(Cl)c1Cl. The van der Waals surface area contributed by atoms with Gasteiger partial charge in [0.2, 0.25) is 0 Å². The maximum Gasteiger partial charge on any atom is 0.337 e. The molecule has 1 rings (SSSR count). The quantitative estimate of drug-likeness (QED) is 0.892. The van der Waals surface area contributed by atoms with Gasteiger partial charge in [0.25, 0.3) is 0 Å². The lowest BCUT2D eigenvalue weighted by atomic mass is 10.2. The molecule has 0 aliphatic heterocycles. The minimum absolute atomic E-state index is 0.181. The van der Waals surface area contributed by atoms with Crippen molar-refractivity contribution in [2.75, 3.05) is 6.26 Å². The van der Waals surface area contributed by atoms with E-state index < -0.39 is 15.8 Å². The van der Waals surface area contributed by atoms with E-state index in [9.17, 15) is 13.2 Å². The van der Waals surface area contributed by atoms with Crippen LogP contribution in [-0.4, -0.2) is 25.7 Å². The van der Waals surface area contributed by atoms with Gasteiger partial charge in [-0.2, -0.15) is 0 Å².